The molecule has 0 aliphatic heterocycles. The molecule has 0 aromatic rings. The number of carboxylic acid groups (broad SMARTS) is 1. The van der Waals surface area contributed by atoms with E-state index in [1.54, 1.807) is 13.0 Å². The Morgan fingerprint density at radius 3 is 2.83 bits per heavy atom. The molecule has 0 spiro atoms. The van der Waals surface area contributed by atoms with Crippen molar-refractivity contribution < 1.29 is 14.6 Å². The molecular weight excluding hydrogens is 158 g/mol. The van der Waals surface area contributed by atoms with Crippen LogP contribution in [0.3, 0.4) is 0 Å². The van der Waals surface area contributed by atoms with Crippen LogP contribution < -0.4 is 0 Å². The van der Waals surface area contributed by atoms with Gasteiger partial charge >= 0.3 is 5.97 Å². The molecule has 66 valence electrons. The van der Waals surface area contributed by atoms with E-state index in [1.165, 1.54) is 12.4 Å². The summed E-state index contributed by atoms with van der Waals surface area (Å²) in [5.74, 6) is -0.598. The third-order valence-electron chi connectivity index (χ3n) is 0.954. The van der Waals surface area contributed by atoms with Gasteiger partial charge in [-0.1, -0.05) is 6.58 Å². The SMILES string of the molecule is C=CN=C/C(=C\C)OCC(=O)O. The fourth-order valence-corrected chi connectivity index (χ4v) is 0.466. The maximum absolute atomic E-state index is 10.1. The maximum atomic E-state index is 10.1. The van der Waals surface area contributed by atoms with Gasteiger partial charge in [0.1, 0.15) is 5.76 Å². The molecule has 0 aromatic carbocycles. The first-order valence-corrected chi connectivity index (χ1v) is 3.35. The highest BCUT2D eigenvalue weighted by Crippen LogP contribution is 1.92. The van der Waals surface area contributed by atoms with Crippen molar-refractivity contribution >= 4 is 12.2 Å². The second kappa shape index (κ2) is 6.15. The number of allylic oxidation sites excluding steroid dienone is 2. The topological polar surface area (TPSA) is 58.9 Å². The number of rotatable bonds is 5. The first kappa shape index (κ1) is 10.4. The van der Waals surface area contributed by atoms with Gasteiger partial charge < -0.3 is 9.84 Å². The zero-order valence-electron chi connectivity index (χ0n) is 6.86. The van der Waals surface area contributed by atoms with E-state index in [4.69, 9.17) is 9.84 Å². The number of aliphatic imine (C=N–C) groups is 1. The maximum Gasteiger partial charge on any atom is 0.341 e. The quantitative estimate of drug-likeness (QED) is 0.497. The van der Waals surface area contributed by atoms with Gasteiger partial charge in [0, 0.05) is 6.20 Å². The van der Waals surface area contributed by atoms with Gasteiger partial charge in [-0.2, -0.15) is 0 Å². The lowest BCUT2D eigenvalue weighted by Gasteiger charge is -2.00. The van der Waals surface area contributed by atoms with Crippen LogP contribution in [0.25, 0.3) is 0 Å². The first-order valence-electron chi connectivity index (χ1n) is 3.35. The van der Waals surface area contributed by atoms with Crippen molar-refractivity contribution in [2.45, 2.75) is 6.92 Å². The number of nitrogens with zero attached hydrogens (tertiary/aromatic N) is 1. The van der Waals surface area contributed by atoms with Gasteiger partial charge in [0.2, 0.25) is 0 Å². The zero-order valence-corrected chi connectivity index (χ0v) is 6.86. The van der Waals surface area contributed by atoms with E-state index in [-0.39, 0.29) is 6.61 Å². The Bertz CT molecular complexity index is 218. The van der Waals surface area contributed by atoms with Gasteiger partial charge in [0.25, 0.3) is 0 Å². The van der Waals surface area contributed by atoms with Crippen molar-refractivity contribution in [3.63, 3.8) is 0 Å². The summed E-state index contributed by atoms with van der Waals surface area (Å²) in [5, 5.41) is 8.27. The number of ether oxygens (including phenoxy) is 1. The third-order valence-corrected chi connectivity index (χ3v) is 0.954. The number of carbonyl (C=O) groups is 1. The average molecular weight is 169 g/mol. The average Bonchev–Trinajstić information content (AvgIpc) is 2.05. The van der Waals surface area contributed by atoms with E-state index < -0.39 is 5.97 Å². The second-order valence-electron chi connectivity index (χ2n) is 1.83. The monoisotopic (exact) mass is 169 g/mol. The fourth-order valence-electron chi connectivity index (χ4n) is 0.466. The highest BCUT2D eigenvalue weighted by Gasteiger charge is 1.97. The lowest BCUT2D eigenvalue weighted by atomic mass is 10.5. The molecule has 0 atom stereocenters. The molecule has 0 heterocycles. The molecule has 0 radical (unpaired) electrons. The molecule has 0 aromatic heterocycles. The van der Waals surface area contributed by atoms with Crippen molar-refractivity contribution in [3.05, 3.63) is 24.6 Å². The van der Waals surface area contributed by atoms with Gasteiger partial charge in [-0.25, -0.2) is 4.79 Å². The van der Waals surface area contributed by atoms with Gasteiger partial charge in [-0.05, 0) is 13.0 Å². The molecule has 0 amide bonds. The number of carboxylic acids is 1. The molecule has 0 unspecified atom stereocenters. The van der Waals surface area contributed by atoms with Crippen LogP contribution in [0.2, 0.25) is 0 Å². The van der Waals surface area contributed by atoms with E-state index >= 15 is 0 Å². The largest absolute Gasteiger partial charge is 0.481 e. The zero-order chi connectivity index (χ0) is 9.40. The van der Waals surface area contributed by atoms with Crippen LogP contribution in [0.4, 0.5) is 0 Å². The van der Waals surface area contributed by atoms with Crippen LogP contribution in [-0.2, 0) is 9.53 Å². The Kier molecular flexibility index (Phi) is 5.34. The van der Waals surface area contributed by atoms with Crippen molar-refractivity contribution in [3.8, 4) is 0 Å². The minimum Gasteiger partial charge on any atom is -0.481 e. The van der Waals surface area contributed by atoms with Crippen LogP contribution in [0.5, 0.6) is 0 Å². The minimum absolute atomic E-state index is 0.358. The minimum atomic E-state index is -1.01. The predicted molar refractivity (Wildman–Crippen MR) is 46.0 cm³/mol. The molecule has 0 saturated heterocycles. The summed E-state index contributed by atoms with van der Waals surface area (Å²) < 4.78 is 4.82. The molecule has 4 heteroatoms. The van der Waals surface area contributed by atoms with Gasteiger partial charge in [-0.15, -0.1) is 0 Å². The highest BCUT2D eigenvalue weighted by atomic mass is 16.5. The summed E-state index contributed by atoms with van der Waals surface area (Å²) in [6, 6.07) is 0. The van der Waals surface area contributed by atoms with E-state index in [0.29, 0.717) is 5.76 Å². The summed E-state index contributed by atoms with van der Waals surface area (Å²) in [6.45, 7) is 4.74. The number of hydrogen-bond donors (Lipinski definition) is 1. The number of hydrogen-bond acceptors (Lipinski definition) is 3. The standard InChI is InChI=1S/C8H11NO3/c1-3-7(5-9-4-2)12-6-8(10)11/h3-5H,2,6H2,1H3,(H,10,11)/b7-3+,9-5?. The molecule has 0 saturated carbocycles. The molecule has 0 bridgehead atoms. The van der Waals surface area contributed by atoms with Crippen molar-refractivity contribution in [2.75, 3.05) is 6.61 Å². The normalized spacial score (nSPS) is 11.6. The Labute approximate surface area is 70.9 Å². The molecule has 0 aliphatic rings. The molecule has 12 heavy (non-hydrogen) atoms. The first-order chi connectivity index (χ1) is 5.70. The fraction of sp³-hybridized carbons (Fsp3) is 0.250. The summed E-state index contributed by atoms with van der Waals surface area (Å²) in [5.41, 5.74) is 0. The van der Waals surface area contributed by atoms with Crippen LogP contribution in [0.1, 0.15) is 6.92 Å². The Morgan fingerprint density at radius 1 is 1.75 bits per heavy atom. The Balaban J connectivity index is 3.93. The predicted octanol–water partition coefficient (Wildman–Crippen LogP) is 1.21. The molecular formula is C8H11NO3. The van der Waals surface area contributed by atoms with E-state index in [0.717, 1.165) is 0 Å². The summed E-state index contributed by atoms with van der Waals surface area (Å²) in [7, 11) is 0. The lowest BCUT2D eigenvalue weighted by Crippen LogP contribution is -2.07. The second-order valence-corrected chi connectivity index (χ2v) is 1.83. The Morgan fingerprint density at radius 2 is 2.42 bits per heavy atom. The third kappa shape index (κ3) is 5.22. The van der Waals surface area contributed by atoms with Crippen LogP contribution >= 0.6 is 0 Å². The molecule has 0 fully saturated rings. The summed E-state index contributed by atoms with van der Waals surface area (Å²) >= 11 is 0. The van der Waals surface area contributed by atoms with Crippen LogP contribution in [0.15, 0.2) is 29.6 Å². The summed E-state index contributed by atoms with van der Waals surface area (Å²) in [6.07, 6.45) is 4.36. The lowest BCUT2D eigenvalue weighted by molar-refractivity contribution is -0.140. The van der Waals surface area contributed by atoms with Gasteiger partial charge in [-0.3, -0.25) is 4.99 Å². The molecule has 1 N–H and O–H groups in total. The molecule has 0 aliphatic carbocycles. The smallest absolute Gasteiger partial charge is 0.341 e. The van der Waals surface area contributed by atoms with E-state index in [2.05, 4.69) is 11.6 Å². The van der Waals surface area contributed by atoms with Crippen molar-refractivity contribution in [1.29, 1.82) is 0 Å². The molecule has 4 nitrogen and oxygen atoms in total. The number of aliphatic carboxylic acids is 1. The highest BCUT2D eigenvalue weighted by molar-refractivity contribution is 5.77. The van der Waals surface area contributed by atoms with Gasteiger partial charge in [0.15, 0.2) is 6.61 Å². The van der Waals surface area contributed by atoms with Crippen LogP contribution in [-0.4, -0.2) is 23.9 Å². The van der Waals surface area contributed by atoms with E-state index in [1.807, 2.05) is 0 Å². The van der Waals surface area contributed by atoms with Crippen LogP contribution in [0, 0.1) is 0 Å². The molecule has 0 rings (SSSR count). The van der Waals surface area contributed by atoms with Gasteiger partial charge in [0.05, 0.1) is 6.21 Å². The van der Waals surface area contributed by atoms with E-state index in [9.17, 15) is 4.79 Å². The Hall–Kier alpha value is -1.58. The summed E-state index contributed by atoms with van der Waals surface area (Å²) in [4.78, 5) is 13.8. The van der Waals surface area contributed by atoms with Crippen molar-refractivity contribution in [2.24, 2.45) is 4.99 Å². The van der Waals surface area contributed by atoms with Crippen molar-refractivity contribution in [1.82, 2.24) is 0 Å².